The fraction of sp³-hybridized carbons (Fsp3) is 0.636. The van der Waals surface area contributed by atoms with Crippen molar-refractivity contribution in [3.8, 4) is 0 Å². The van der Waals surface area contributed by atoms with Crippen molar-refractivity contribution in [2.75, 3.05) is 11.9 Å². The molecule has 0 bridgehead atoms. The first-order valence-electron chi connectivity index (χ1n) is 5.66. The van der Waals surface area contributed by atoms with E-state index in [-0.39, 0.29) is 0 Å². The molecule has 4 nitrogen and oxygen atoms in total. The Morgan fingerprint density at radius 2 is 2.20 bits per heavy atom. The van der Waals surface area contributed by atoms with Gasteiger partial charge >= 0.3 is 0 Å². The maximum absolute atomic E-state index is 4.34. The quantitative estimate of drug-likeness (QED) is 0.693. The highest BCUT2D eigenvalue weighted by Crippen LogP contribution is 2.22. The summed E-state index contributed by atoms with van der Waals surface area (Å²) in [5, 5.41) is 6.62. The fourth-order valence-corrected chi connectivity index (χ4v) is 1.35. The fourth-order valence-electron chi connectivity index (χ4n) is 1.35. The third-order valence-electron chi connectivity index (χ3n) is 2.37. The molecule has 0 unspecified atom stereocenters. The molecule has 2 N–H and O–H groups in total. The zero-order valence-electron chi connectivity index (χ0n) is 9.16. The number of hydrogen-bond acceptors (Lipinski definition) is 4. The minimum Gasteiger partial charge on any atom is -0.366 e. The van der Waals surface area contributed by atoms with Gasteiger partial charge in [-0.05, 0) is 25.8 Å². The first-order valence-corrected chi connectivity index (χ1v) is 5.66. The molecule has 1 saturated carbocycles. The van der Waals surface area contributed by atoms with Crippen molar-refractivity contribution < 1.29 is 0 Å². The summed E-state index contributed by atoms with van der Waals surface area (Å²) in [4.78, 5) is 8.67. The van der Waals surface area contributed by atoms with Crippen molar-refractivity contribution in [1.82, 2.24) is 15.3 Å². The monoisotopic (exact) mass is 206 g/mol. The maximum Gasteiger partial charge on any atom is 0.144 e. The first-order chi connectivity index (χ1) is 7.38. The molecule has 0 spiro atoms. The molecule has 0 aliphatic heterocycles. The van der Waals surface area contributed by atoms with Gasteiger partial charge in [0.15, 0.2) is 0 Å². The molecule has 1 aliphatic carbocycles. The van der Waals surface area contributed by atoms with Gasteiger partial charge in [-0.3, -0.25) is 4.98 Å². The molecule has 1 aliphatic rings. The first kappa shape index (κ1) is 10.4. The van der Waals surface area contributed by atoms with E-state index in [4.69, 9.17) is 0 Å². The summed E-state index contributed by atoms with van der Waals surface area (Å²) >= 11 is 0. The summed E-state index contributed by atoms with van der Waals surface area (Å²) in [5.41, 5.74) is 1.00. The highest BCUT2D eigenvalue weighted by atomic mass is 15.1. The number of nitrogens with one attached hydrogen (secondary N) is 2. The van der Waals surface area contributed by atoms with Crippen LogP contribution in [0.3, 0.4) is 0 Å². The lowest BCUT2D eigenvalue weighted by Gasteiger charge is -2.04. The van der Waals surface area contributed by atoms with Gasteiger partial charge in [0.1, 0.15) is 5.82 Å². The Kier molecular flexibility index (Phi) is 3.50. The largest absolute Gasteiger partial charge is 0.366 e. The average Bonchev–Trinajstić information content (AvgIpc) is 3.05. The van der Waals surface area contributed by atoms with Crippen LogP contribution in [-0.2, 0) is 6.54 Å². The van der Waals surface area contributed by atoms with Crippen LogP contribution in [0.2, 0.25) is 0 Å². The lowest BCUT2D eigenvalue weighted by molar-refractivity contribution is 0.662. The van der Waals surface area contributed by atoms with Crippen molar-refractivity contribution in [1.29, 1.82) is 0 Å². The van der Waals surface area contributed by atoms with Crippen molar-refractivity contribution in [2.24, 2.45) is 0 Å². The summed E-state index contributed by atoms with van der Waals surface area (Å²) in [6.07, 6.45) is 7.34. The van der Waals surface area contributed by atoms with Crippen LogP contribution in [-0.4, -0.2) is 22.6 Å². The van der Waals surface area contributed by atoms with Crippen molar-refractivity contribution in [3.05, 3.63) is 18.1 Å². The molecule has 0 saturated heterocycles. The van der Waals surface area contributed by atoms with Crippen molar-refractivity contribution in [3.63, 3.8) is 0 Å². The Morgan fingerprint density at radius 1 is 1.33 bits per heavy atom. The van der Waals surface area contributed by atoms with Crippen molar-refractivity contribution in [2.45, 2.75) is 38.8 Å². The molecule has 0 amide bonds. The minimum absolute atomic E-state index is 0.642. The van der Waals surface area contributed by atoms with Gasteiger partial charge in [-0.2, -0.15) is 0 Å². The standard InChI is InChI=1S/C11H18N4/c1-2-5-12-6-10-7-14-11(8-13-10)15-9-3-4-9/h7-9,12H,2-6H2,1H3,(H,14,15). The summed E-state index contributed by atoms with van der Waals surface area (Å²) in [7, 11) is 0. The van der Waals surface area contributed by atoms with Crippen LogP contribution in [0.25, 0.3) is 0 Å². The Bertz CT molecular complexity index is 292. The van der Waals surface area contributed by atoms with Crippen molar-refractivity contribution >= 4 is 5.82 Å². The molecule has 0 atom stereocenters. The van der Waals surface area contributed by atoms with Gasteiger partial charge < -0.3 is 10.6 Å². The molecular weight excluding hydrogens is 188 g/mol. The predicted octanol–water partition coefficient (Wildman–Crippen LogP) is 1.55. The Balaban J connectivity index is 1.80. The average molecular weight is 206 g/mol. The molecule has 0 aromatic carbocycles. The highest BCUT2D eigenvalue weighted by molar-refractivity contribution is 5.34. The summed E-state index contributed by atoms with van der Waals surface area (Å²) in [6, 6.07) is 0.642. The molecule has 0 radical (unpaired) electrons. The van der Waals surface area contributed by atoms with Crippen LogP contribution in [0.4, 0.5) is 5.82 Å². The van der Waals surface area contributed by atoms with Gasteiger partial charge in [0.25, 0.3) is 0 Å². The summed E-state index contributed by atoms with van der Waals surface area (Å²) < 4.78 is 0. The van der Waals surface area contributed by atoms with Gasteiger partial charge in [-0.25, -0.2) is 4.98 Å². The van der Waals surface area contributed by atoms with E-state index in [1.54, 1.807) is 0 Å². The minimum atomic E-state index is 0.642. The number of anilines is 1. The Labute approximate surface area is 90.5 Å². The second-order valence-electron chi connectivity index (χ2n) is 3.99. The lowest BCUT2D eigenvalue weighted by Crippen LogP contribution is -2.15. The zero-order chi connectivity index (χ0) is 10.5. The van der Waals surface area contributed by atoms with E-state index in [1.165, 1.54) is 12.8 Å². The number of rotatable bonds is 6. The maximum atomic E-state index is 4.34. The van der Waals surface area contributed by atoms with Gasteiger partial charge in [0, 0.05) is 12.6 Å². The SMILES string of the molecule is CCCNCc1cnc(NC2CC2)cn1. The van der Waals surface area contributed by atoms with E-state index < -0.39 is 0 Å². The molecule has 1 fully saturated rings. The van der Waals surface area contributed by atoms with E-state index in [0.717, 1.165) is 31.0 Å². The van der Waals surface area contributed by atoms with E-state index in [0.29, 0.717) is 6.04 Å². The van der Waals surface area contributed by atoms with Crippen LogP contribution in [0.1, 0.15) is 31.9 Å². The molecular formula is C11H18N4. The Hall–Kier alpha value is -1.16. The van der Waals surface area contributed by atoms with Crippen LogP contribution in [0.5, 0.6) is 0 Å². The zero-order valence-corrected chi connectivity index (χ0v) is 9.16. The second-order valence-corrected chi connectivity index (χ2v) is 3.99. The molecule has 1 aromatic heterocycles. The van der Waals surface area contributed by atoms with Crippen LogP contribution < -0.4 is 10.6 Å². The number of nitrogens with zero attached hydrogens (tertiary/aromatic N) is 2. The van der Waals surface area contributed by atoms with E-state index in [9.17, 15) is 0 Å². The topological polar surface area (TPSA) is 49.8 Å². The third kappa shape index (κ3) is 3.47. The predicted molar refractivity (Wildman–Crippen MR) is 60.7 cm³/mol. The molecule has 2 rings (SSSR count). The summed E-state index contributed by atoms with van der Waals surface area (Å²) in [5.74, 6) is 0.900. The van der Waals surface area contributed by atoms with Gasteiger partial charge in [-0.1, -0.05) is 6.92 Å². The molecule has 1 aromatic rings. The molecule has 82 valence electrons. The molecule has 15 heavy (non-hydrogen) atoms. The molecule has 4 heteroatoms. The van der Waals surface area contributed by atoms with Crippen LogP contribution in [0, 0.1) is 0 Å². The third-order valence-corrected chi connectivity index (χ3v) is 2.37. The highest BCUT2D eigenvalue weighted by Gasteiger charge is 2.21. The van der Waals surface area contributed by atoms with Gasteiger partial charge in [0.2, 0.25) is 0 Å². The normalized spacial score (nSPS) is 15.3. The second kappa shape index (κ2) is 5.07. The van der Waals surface area contributed by atoms with E-state index >= 15 is 0 Å². The molecule has 1 heterocycles. The van der Waals surface area contributed by atoms with Crippen LogP contribution >= 0.6 is 0 Å². The van der Waals surface area contributed by atoms with Gasteiger partial charge in [0.05, 0.1) is 18.1 Å². The Morgan fingerprint density at radius 3 is 2.80 bits per heavy atom. The number of aromatic nitrogens is 2. The van der Waals surface area contributed by atoms with E-state index in [2.05, 4.69) is 27.5 Å². The smallest absolute Gasteiger partial charge is 0.144 e. The lowest BCUT2D eigenvalue weighted by atomic mass is 10.4. The van der Waals surface area contributed by atoms with Crippen LogP contribution in [0.15, 0.2) is 12.4 Å². The van der Waals surface area contributed by atoms with Gasteiger partial charge in [-0.15, -0.1) is 0 Å². The number of hydrogen-bond donors (Lipinski definition) is 2. The van der Waals surface area contributed by atoms with E-state index in [1.807, 2.05) is 12.4 Å². The summed E-state index contributed by atoms with van der Waals surface area (Å²) in [6.45, 7) is 4.00.